The van der Waals surface area contributed by atoms with Crippen molar-refractivity contribution in [3.05, 3.63) is 35.1 Å². The molecule has 1 aliphatic rings. The Morgan fingerprint density at radius 1 is 1.25 bits per heavy atom. The maximum Gasteiger partial charge on any atom is 0.161 e. The smallest absolute Gasteiger partial charge is 0.161 e. The number of anilines is 2. The van der Waals surface area contributed by atoms with Crippen molar-refractivity contribution in [3.8, 4) is 11.5 Å². The minimum Gasteiger partial charge on any atom is -0.493 e. The molecule has 3 N–H and O–H groups in total. The lowest BCUT2D eigenvalue weighted by Gasteiger charge is -2.17. The van der Waals surface area contributed by atoms with Gasteiger partial charge in [0.25, 0.3) is 0 Å². The molecule has 0 atom stereocenters. The number of methoxy groups -OCH3 is 1. The number of ether oxygens (including phenoxy) is 2. The third kappa shape index (κ3) is 3.82. The van der Waals surface area contributed by atoms with Gasteiger partial charge in [-0.2, -0.15) is 0 Å². The van der Waals surface area contributed by atoms with Crippen LogP contribution < -0.4 is 20.5 Å². The second kappa shape index (κ2) is 7.57. The fourth-order valence-electron chi connectivity index (χ4n) is 2.80. The zero-order valence-corrected chi connectivity index (χ0v) is 14.3. The van der Waals surface area contributed by atoms with E-state index in [9.17, 15) is 0 Å². The van der Waals surface area contributed by atoms with Crippen LogP contribution in [0.4, 0.5) is 11.6 Å². The summed E-state index contributed by atoms with van der Waals surface area (Å²) in [6.07, 6.45) is 6.30. The summed E-state index contributed by atoms with van der Waals surface area (Å²) in [7, 11) is 1.65. The first kappa shape index (κ1) is 16.6. The van der Waals surface area contributed by atoms with Crippen LogP contribution in [0.15, 0.2) is 24.5 Å². The maximum absolute atomic E-state index is 6.11. The number of benzene rings is 1. The van der Waals surface area contributed by atoms with Crippen LogP contribution in [-0.4, -0.2) is 23.2 Å². The van der Waals surface area contributed by atoms with E-state index in [4.69, 9.17) is 26.8 Å². The van der Waals surface area contributed by atoms with Gasteiger partial charge in [0.15, 0.2) is 17.3 Å². The highest BCUT2D eigenvalue weighted by Crippen LogP contribution is 2.33. The standard InChI is InChI=1S/C17H21ClN4O2/c1-23-13-7-6-11(8-14(13)24-12-4-2-3-5-12)9-20-17-15(18)16(19)21-10-22-17/h6-8,10,12H,2-5,9H2,1H3,(H3,19,20,21,22). The average Bonchev–Trinajstić information content (AvgIpc) is 3.09. The highest BCUT2D eigenvalue weighted by atomic mass is 35.5. The highest BCUT2D eigenvalue weighted by molar-refractivity contribution is 6.35. The van der Waals surface area contributed by atoms with Gasteiger partial charge in [0.1, 0.15) is 17.2 Å². The molecule has 24 heavy (non-hydrogen) atoms. The van der Waals surface area contributed by atoms with E-state index in [0.717, 1.165) is 29.9 Å². The number of hydrogen-bond acceptors (Lipinski definition) is 6. The quantitative estimate of drug-likeness (QED) is 0.829. The second-order valence-electron chi connectivity index (χ2n) is 5.78. The third-order valence-electron chi connectivity index (χ3n) is 4.10. The van der Waals surface area contributed by atoms with Gasteiger partial charge in [0.05, 0.1) is 13.2 Å². The van der Waals surface area contributed by atoms with Crippen LogP contribution in [0.2, 0.25) is 5.02 Å². The molecule has 1 aromatic carbocycles. The Morgan fingerprint density at radius 2 is 2.04 bits per heavy atom. The molecule has 0 amide bonds. The van der Waals surface area contributed by atoms with Crippen molar-refractivity contribution in [2.75, 3.05) is 18.2 Å². The summed E-state index contributed by atoms with van der Waals surface area (Å²) < 4.78 is 11.5. The van der Waals surface area contributed by atoms with Crippen molar-refractivity contribution in [1.29, 1.82) is 0 Å². The van der Waals surface area contributed by atoms with Gasteiger partial charge in [0, 0.05) is 6.54 Å². The summed E-state index contributed by atoms with van der Waals surface area (Å²) in [5.74, 6) is 2.29. The van der Waals surface area contributed by atoms with Gasteiger partial charge in [0.2, 0.25) is 0 Å². The molecular weight excluding hydrogens is 328 g/mol. The topological polar surface area (TPSA) is 82.3 Å². The zero-order chi connectivity index (χ0) is 16.9. The summed E-state index contributed by atoms with van der Waals surface area (Å²) >= 11 is 6.09. The molecule has 128 valence electrons. The van der Waals surface area contributed by atoms with Crippen LogP contribution in [0, 0.1) is 0 Å². The lowest BCUT2D eigenvalue weighted by atomic mass is 10.2. The molecular formula is C17H21ClN4O2. The molecule has 0 aliphatic heterocycles. The lowest BCUT2D eigenvalue weighted by Crippen LogP contribution is -2.12. The van der Waals surface area contributed by atoms with E-state index >= 15 is 0 Å². The number of nitrogens with two attached hydrogens (primary N) is 1. The van der Waals surface area contributed by atoms with Gasteiger partial charge in [-0.1, -0.05) is 17.7 Å². The predicted octanol–water partition coefficient (Wildman–Crippen LogP) is 3.65. The van der Waals surface area contributed by atoms with Crippen LogP contribution >= 0.6 is 11.6 Å². The van der Waals surface area contributed by atoms with Gasteiger partial charge >= 0.3 is 0 Å². The Hall–Kier alpha value is -2.21. The molecule has 1 aliphatic carbocycles. The van der Waals surface area contributed by atoms with Crippen LogP contribution in [0.3, 0.4) is 0 Å². The molecule has 0 bridgehead atoms. The fourth-order valence-corrected chi connectivity index (χ4v) is 2.97. The van der Waals surface area contributed by atoms with Crippen LogP contribution in [-0.2, 0) is 6.54 Å². The summed E-state index contributed by atoms with van der Waals surface area (Å²) in [6.45, 7) is 0.543. The third-order valence-corrected chi connectivity index (χ3v) is 4.47. The Bertz CT molecular complexity index is 705. The minimum atomic E-state index is 0.258. The molecule has 0 saturated heterocycles. The van der Waals surface area contributed by atoms with E-state index in [1.54, 1.807) is 7.11 Å². The Morgan fingerprint density at radius 3 is 2.79 bits per heavy atom. The van der Waals surface area contributed by atoms with E-state index in [-0.39, 0.29) is 11.9 Å². The first-order valence-corrected chi connectivity index (χ1v) is 8.38. The van der Waals surface area contributed by atoms with E-state index in [1.807, 2.05) is 18.2 Å². The van der Waals surface area contributed by atoms with Crippen molar-refractivity contribution in [2.24, 2.45) is 0 Å². The number of aromatic nitrogens is 2. The van der Waals surface area contributed by atoms with Crippen molar-refractivity contribution in [2.45, 2.75) is 38.3 Å². The molecule has 7 heteroatoms. The number of halogens is 1. The second-order valence-corrected chi connectivity index (χ2v) is 6.16. The van der Waals surface area contributed by atoms with E-state index in [1.165, 1.54) is 19.2 Å². The summed E-state index contributed by atoms with van der Waals surface area (Å²) in [5, 5.41) is 3.50. The Balaban J connectivity index is 1.72. The summed E-state index contributed by atoms with van der Waals surface area (Å²) in [6, 6.07) is 5.88. The average molecular weight is 349 g/mol. The van der Waals surface area contributed by atoms with Crippen LogP contribution in [0.25, 0.3) is 0 Å². The normalized spacial score (nSPS) is 14.6. The van der Waals surface area contributed by atoms with Crippen molar-refractivity contribution in [3.63, 3.8) is 0 Å². The van der Waals surface area contributed by atoms with Crippen LogP contribution in [0.5, 0.6) is 11.5 Å². The molecule has 2 aromatic rings. The van der Waals surface area contributed by atoms with Crippen LogP contribution in [0.1, 0.15) is 31.2 Å². The Kier molecular flexibility index (Phi) is 5.25. The summed E-state index contributed by atoms with van der Waals surface area (Å²) in [5.41, 5.74) is 6.72. The number of hydrogen-bond donors (Lipinski definition) is 2. The van der Waals surface area contributed by atoms with Crippen molar-refractivity contribution < 1.29 is 9.47 Å². The molecule has 1 saturated carbocycles. The lowest BCUT2D eigenvalue weighted by molar-refractivity contribution is 0.200. The van der Waals surface area contributed by atoms with E-state index in [0.29, 0.717) is 17.4 Å². The maximum atomic E-state index is 6.11. The monoisotopic (exact) mass is 348 g/mol. The molecule has 0 spiro atoms. The molecule has 1 aromatic heterocycles. The molecule has 3 rings (SSSR count). The number of nitrogens with one attached hydrogen (secondary N) is 1. The number of rotatable bonds is 6. The SMILES string of the molecule is COc1ccc(CNc2ncnc(N)c2Cl)cc1OC1CCCC1. The Labute approximate surface area is 146 Å². The van der Waals surface area contributed by atoms with E-state index < -0.39 is 0 Å². The van der Waals surface area contributed by atoms with Gasteiger partial charge in [-0.3, -0.25) is 0 Å². The number of nitrogens with zero attached hydrogens (tertiary/aromatic N) is 2. The fraction of sp³-hybridized carbons (Fsp3) is 0.412. The van der Waals surface area contributed by atoms with Gasteiger partial charge in [-0.15, -0.1) is 0 Å². The highest BCUT2D eigenvalue weighted by Gasteiger charge is 2.18. The molecule has 0 unspecified atom stereocenters. The van der Waals surface area contributed by atoms with Gasteiger partial charge in [-0.25, -0.2) is 9.97 Å². The van der Waals surface area contributed by atoms with Gasteiger partial charge in [-0.05, 0) is 43.4 Å². The molecule has 6 nitrogen and oxygen atoms in total. The first-order chi connectivity index (χ1) is 11.7. The predicted molar refractivity (Wildman–Crippen MR) is 94.7 cm³/mol. The van der Waals surface area contributed by atoms with Gasteiger partial charge < -0.3 is 20.5 Å². The first-order valence-electron chi connectivity index (χ1n) is 8.01. The zero-order valence-electron chi connectivity index (χ0n) is 13.6. The number of nitrogen functional groups attached to an aromatic ring is 1. The molecule has 0 radical (unpaired) electrons. The molecule has 1 heterocycles. The van der Waals surface area contributed by atoms with Crippen molar-refractivity contribution in [1.82, 2.24) is 9.97 Å². The van der Waals surface area contributed by atoms with E-state index in [2.05, 4.69) is 15.3 Å². The largest absolute Gasteiger partial charge is 0.493 e. The summed E-state index contributed by atoms with van der Waals surface area (Å²) in [4.78, 5) is 7.95. The molecule has 1 fully saturated rings. The van der Waals surface area contributed by atoms with Crippen molar-refractivity contribution >= 4 is 23.2 Å². The minimum absolute atomic E-state index is 0.258.